The van der Waals surface area contributed by atoms with Crippen LogP contribution in [0, 0.1) is 0 Å². The van der Waals surface area contributed by atoms with Crippen LogP contribution < -0.4 is 5.73 Å². The Balaban J connectivity index is 1.22. The number of fused-ring (bicyclic) bond motifs is 1. The number of nitrogens with two attached hydrogens (primary N) is 1. The van der Waals surface area contributed by atoms with Gasteiger partial charge in [0.25, 0.3) is 0 Å². The highest BCUT2D eigenvalue weighted by atomic mass is 32.2. The third kappa shape index (κ3) is 4.71. The molecule has 5 rings (SSSR count). The van der Waals surface area contributed by atoms with E-state index < -0.39 is 10.0 Å². The lowest BCUT2D eigenvalue weighted by atomic mass is 9.89. The van der Waals surface area contributed by atoms with Crippen LogP contribution in [-0.4, -0.2) is 59.6 Å². The van der Waals surface area contributed by atoms with Gasteiger partial charge in [0.1, 0.15) is 0 Å². The second-order valence-corrected chi connectivity index (χ2v) is 11.5. The molecular formula is C25H33N5O2S. The lowest BCUT2D eigenvalue weighted by Gasteiger charge is -2.32. The van der Waals surface area contributed by atoms with Crippen molar-refractivity contribution in [2.75, 3.05) is 26.2 Å². The molecule has 0 saturated carbocycles. The van der Waals surface area contributed by atoms with Crippen molar-refractivity contribution in [3.8, 4) is 0 Å². The number of piperidine rings is 2. The number of hydrogen-bond acceptors (Lipinski definition) is 5. The highest BCUT2D eigenvalue weighted by Crippen LogP contribution is 2.31. The minimum atomic E-state index is -3.46. The molecule has 0 aliphatic carbocycles. The molecule has 0 bridgehead atoms. The zero-order valence-corrected chi connectivity index (χ0v) is 20.0. The van der Waals surface area contributed by atoms with Gasteiger partial charge in [-0.1, -0.05) is 24.3 Å². The first-order valence-corrected chi connectivity index (χ1v) is 13.3. The van der Waals surface area contributed by atoms with Gasteiger partial charge >= 0.3 is 0 Å². The van der Waals surface area contributed by atoms with Crippen molar-refractivity contribution in [2.24, 2.45) is 12.8 Å². The van der Waals surface area contributed by atoms with E-state index >= 15 is 0 Å². The molecule has 176 valence electrons. The second-order valence-electron chi connectivity index (χ2n) is 9.53. The Bertz CT molecular complexity index is 1220. The minimum Gasteiger partial charge on any atom is -0.328 e. The number of aromatic nitrogens is 2. The maximum absolute atomic E-state index is 13.1. The first-order chi connectivity index (χ1) is 15.9. The van der Waals surface area contributed by atoms with E-state index in [0.29, 0.717) is 23.9 Å². The molecule has 2 N–H and O–H groups in total. The summed E-state index contributed by atoms with van der Waals surface area (Å²) in [6.45, 7) is 3.81. The van der Waals surface area contributed by atoms with Crippen molar-refractivity contribution in [3.05, 3.63) is 59.8 Å². The van der Waals surface area contributed by atoms with Crippen molar-refractivity contribution in [3.63, 3.8) is 0 Å². The maximum Gasteiger partial charge on any atom is 0.243 e. The maximum atomic E-state index is 13.1. The van der Waals surface area contributed by atoms with Gasteiger partial charge < -0.3 is 5.73 Å². The van der Waals surface area contributed by atoms with Crippen molar-refractivity contribution < 1.29 is 8.42 Å². The van der Waals surface area contributed by atoms with Crippen molar-refractivity contribution in [1.82, 2.24) is 19.0 Å². The minimum absolute atomic E-state index is 0.108. The second kappa shape index (κ2) is 9.18. The zero-order valence-electron chi connectivity index (χ0n) is 19.2. The van der Waals surface area contributed by atoms with E-state index in [1.807, 2.05) is 36.1 Å². The summed E-state index contributed by atoms with van der Waals surface area (Å²) in [5.74, 6) is 0.553. The molecule has 1 aromatic heterocycles. The zero-order chi connectivity index (χ0) is 23.0. The van der Waals surface area contributed by atoms with E-state index in [4.69, 9.17) is 5.73 Å². The largest absolute Gasteiger partial charge is 0.328 e. The lowest BCUT2D eigenvalue weighted by molar-refractivity contribution is 0.204. The Hall–Kier alpha value is -2.26. The number of hydrogen-bond donors (Lipinski definition) is 1. The number of rotatable bonds is 5. The van der Waals surface area contributed by atoms with Crippen molar-refractivity contribution in [1.29, 1.82) is 0 Å². The number of nitrogens with zero attached hydrogens (tertiary/aromatic N) is 4. The van der Waals surface area contributed by atoms with Crippen LogP contribution in [0.5, 0.6) is 0 Å². The van der Waals surface area contributed by atoms with Gasteiger partial charge in [0.15, 0.2) is 0 Å². The first kappa shape index (κ1) is 22.5. The standard InChI is InChI=1S/C25H33N5O2S/c1-28-25-16-21(5-6-22(25)17-27-28)20-7-11-29(12-8-20)18-19-3-2-4-24(15-19)33(31,32)30-13-9-23(26)10-14-30/h2-6,15-17,20,23H,7-14,18,26H2,1H3. The van der Waals surface area contributed by atoms with E-state index in [9.17, 15) is 8.42 Å². The molecule has 2 aromatic carbocycles. The molecule has 0 atom stereocenters. The van der Waals surface area contributed by atoms with Crippen molar-refractivity contribution in [2.45, 2.75) is 49.1 Å². The average molecular weight is 468 g/mol. The third-order valence-corrected chi connectivity index (χ3v) is 9.17. The van der Waals surface area contributed by atoms with E-state index in [2.05, 4.69) is 28.2 Å². The summed E-state index contributed by atoms with van der Waals surface area (Å²) in [5, 5.41) is 5.54. The van der Waals surface area contributed by atoms with Gasteiger partial charge in [0.2, 0.25) is 10.0 Å². The van der Waals surface area contributed by atoms with Crippen LogP contribution in [0.1, 0.15) is 42.7 Å². The highest BCUT2D eigenvalue weighted by Gasteiger charge is 2.28. The van der Waals surface area contributed by atoms with Gasteiger partial charge in [-0.3, -0.25) is 9.58 Å². The Labute approximate surface area is 196 Å². The fourth-order valence-electron chi connectivity index (χ4n) is 5.17. The molecule has 0 spiro atoms. The van der Waals surface area contributed by atoms with E-state index in [1.54, 1.807) is 10.4 Å². The summed E-state index contributed by atoms with van der Waals surface area (Å²) >= 11 is 0. The van der Waals surface area contributed by atoms with Crippen LogP contribution in [0.15, 0.2) is 53.6 Å². The predicted octanol–water partition coefficient (Wildman–Crippen LogP) is 3.06. The molecule has 2 saturated heterocycles. The molecular weight excluding hydrogens is 434 g/mol. The van der Waals surface area contributed by atoms with Gasteiger partial charge in [0, 0.05) is 38.1 Å². The summed E-state index contributed by atoms with van der Waals surface area (Å²) in [6, 6.07) is 14.3. The Morgan fingerprint density at radius 1 is 1.00 bits per heavy atom. The molecule has 0 radical (unpaired) electrons. The Morgan fingerprint density at radius 3 is 2.52 bits per heavy atom. The third-order valence-electron chi connectivity index (χ3n) is 7.27. The number of aryl methyl sites for hydroxylation is 1. The summed E-state index contributed by atoms with van der Waals surface area (Å²) in [5.41, 5.74) is 9.58. The summed E-state index contributed by atoms with van der Waals surface area (Å²) in [4.78, 5) is 2.83. The molecule has 8 heteroatoms. The normalized spacial score (nSPS) is 19.9. The molecule has 7 nitrogen and oxygen atoms in total. The molecule has 33 heavy (non-hydrogen) atoms. The number of benzene rings is 2. The fourth-order valence-corrected chi connectivity index (χ4v) is 6.71. The van der Waals surface area contributed by atoms with Gasteiger partial charge in [-0.25, -0.2) is 8.42 Å². The highest BCUT2D eigenvalue weighted by molar-refractivity contribution is 7.89. The number of sulfonamides is 1. The summed E-state index contributed by atoms with van der Waals surface area (Å²) < 4.78 is 29.7. The summed E-state index contributed by atoms with van der Waals surface area (Å²) in [6.07, 6.45) is 5.57. The first-order valence-electron chi connectivity index (χ1n) is 11.9. The Kier molecular flexibility index (Phi) is 6.26. The van der Waals surface area contributed by atoms with Crippen molar-refractivity contribution >= 4 is 20.9 Å². The van der Waals surface area contributed by atoms with E-state index in [1.165, 1.54) is 16.5 Å². The Morgan fingerprint density at radius 2 is 1.76 bits per heavy atom. The van der Waals surface area contributed by atoms with E-state index in [-0.39, 0.29) is 6.04 Å². The van der Waals surface area contributed by atoms with E-state index in [0.717, 1.165) is 50.9 Å². The van der Waals surface area contributed by atoms with Crippen LogP contribution in [0.2, 0.25) is 0 Å². The fraction of sp³-hybridized carbons (Fsp3) is 0.480. The van der Waals surface area contributed by atoms with Gasteiger partial charge in [-0.2, -0.15) is 9.40 Å². The van der Waals surface area contributed by atoms with Crippen LogP contribution >= 0.6 is 0 Å². The summed E-state index contributed by atoms with van der Waals surface area (Å²) in [7, 11) is -1.47. The van der Waals surface area contributed by atoms with Crippen LogP contribution in [0.4, 0.5) is 0 Å². The average Bonchev–Trinajstić information content (AvgIpc) is 3.20. The molecule has 3 heterocycles. The smallest absolute Gasteiger partial charge is 0.243 e. The van der Waals surface area contributed by atoms with Gasteiger partial charge in [-0.05, 0) is 74.0 Å². The lowest BCUT2D eigenvalue weighted by Crippen LogP contribution is -2.42. The monoisotopic (exact) mass is 467 g/mol. The van der Waals surface area contributed by atoms with Crippen LogP contribution in [0.25, 0.3) is 10.9 Å². The number of likely N-dealkylation sites (tertiary alicyclic amines) is 1. The topological polar surface area (TPSA) is 84.5 Å². The van der Waals surface area contributed by atoms with Crippen LogP contribution in [0.3, 0.4) is 0 Å². The molecule has 3 aromatic rings. The van der Waals surface area contributed by atoms with Gasteiger partial charge in [-0.15, -0.1) is 0 Å². The SMILES string of the molecule is Cn1ncc2ccc(C3CCN(Cc4cccc(S(=O)(=O)N5CCC(N)CC5)c4)CC3)cc21. The molecule has 2 aliphatic rings. The van der Waals surface area contributed by atoms with Gasteiger partial charge in [0.05, 0.1) is 16.6 Å². The molecule has 2 aliphatic heterocycles. The van der Waals surface area contributed by atoms with Crippen LogP contribution in [-0.2, 0) is 23.6 Å². The predicted molar refractivity (Wildman–Crippen MR) is 130 cm³/mol. The molecule has 0 amide bonds. The quantitative estimate of drug-likeness (QED) is 0.623. The molecule has 2 fully saturated rings. The molecule has 0 unspecified atom stereocenters.